The van der Waals surface area contributed by atoms with Crippen molar-refractivity contribution in [3.05, 3.63) is 36.0 Å². The molecule has 0 aliphatic heterocycles. The van der Waals surface area contributed by atoms with Crippen LogP contribution in [0.15, 0.2) is 30.5 Å². The molecule has 106 valence electrons. The Hall–Kier alpha value is -2.30. The lowest BCUT2D eigenvalue weighted by Gasteiger charge is -2.16. The quantitative estimate of drug-likeness (QED) is 0.767. The van der Waals surface area contributed by atoms with Crippen molar-refractivity contribution in [2.45, 2.75) is 26.3 Å². The minimum absolute atomic E-state index is 0.173. The van der Waals surface area contributed by atoms with E-state index in [1.807, 2.05) is 30.5 Å². The molecule has 4 N–H and O–H groups in total. The van der Waals surface area contributed by atoms with Crippen LogP contribution >= 0.6 is 0 Å². The molecule has 1 aromatic carbocycles. The first-order chi connectivity index (χ1) is 9.49. The standard InChI is InChI=1S/C15H19N3O2/c1-9(2)15(20)18-13(14(16)19)7-10-8-17-12-6-4-3-5-11(10)12/h3-6,8-9,13,17H,7H2,1-2H3,(H2,16,19)(H,18,20)/t13-/m0/s1. The van der Waals surface area contributed by atoms with Gasteiger partial charge in [0, 0.05) is 29.4 Å². The lowest BCUT2D eigenvalue weighted by molar-refractivity contribution is -0.129. The van der Waals surface area contributed by atoms with E-state index in [1.54, 1.807) is 13.8 Å². The molecule has 0 aliphatic rings. The van der Waals surface area contributed by atoms with Crippen LogP contribution in [0.4, 0.5) is 0 Å². The number of H-pyrrole nitrogens is 1. The Bertz CT molecular complexity index is 631. The van der Waals surface area contributed by atoms with Gasteiger partial charge in [-0.2, -0.15) is 0 Å². The van der Waals surface area contributed by atoms with E-state index in [1.165, 1.54) is 0 Å². The first-order valence-corrected chi connectivity index (χ1v) is 6.63. The van der Waals surface area contributed by atoms with Crippen LogP contribution < -0.4 is 11.1 Å². The predicted molar refractivity (Wildman–Crippen MR) is 78.0 cm³/mol. The zero-order valence-corrected chi connectivity index (χ0v) is 11.6. The molecule has 5 heteroatoms. The Morgan fingerprint density at radius 3 is 2.65 bits per heavy atom. The van der Waals surface area contributed by atoms with E-state index in [-0.39, 0.29) is 11.8 Å². The first kappa shape index (κ1) is 14.1. The summed E-state index contributed by atoms with van der Waals surface area (Å²) < 4.78 is 0. The van der Waals surface area contributed by atoms with Gasteiger partial charge in [0.05, 0.1) is 0 Å². The molecule has 0 spiro atoms. The highest BCUT2D eigenvalue weighted by molar-refractivity contribution is 5.89. The van der Waals surface area contributed by atoms with Gasteiger partial charge in [0.2, 0.25) is 11.8 Å². The summed E-state index contributed by atoms with van der Waals surface area (Å²) in [7, 11) is 0. The molecule has 20 heavy (non-hydrogen) atoms. The van der Waals surface area contributed by atoms with Crippen LogP contribution in [0.1, 0.15) is 19.4 Å². The second-order valence-electron chi connectivity index (χ2n) is 5.18. The van der Waals surface area contributed by atoms with E-state index in [9.17, 15) is 9.59 Å². The molecule has 0 unspecified atom stereocenters. The second kappa shape index (κ2) is 5.77. The van der Waals surface area contributed by atoms with E-state index in [2.05, 4.69) is 10.3 Å². The second-order valence-corrected chi connectivity index (χ2v) is 5.18. The molecule has 0 saturated carbocycles. The normalized spacial score (nSPS) is 12.6. The molecule has 1 heterocycles. The highest BCUT2D eigenvalue weighted by Gasteiger charge is 2.21. The van der Waals surface area contributed by atoms with Gasteiger partial charge < -0.3 is 16.0 Å². The van der Waals surface area contributed by atoms with Crippen molar-refractivity contribution in [3.63, 3.8) is 0 Å². The summed E-state index contributed by atoms with van der Waals surface area (Å²) >= 11 is 0. The number of nitrogens with one attached hydrogen (secondary N) is 2. The monoisotopic (exact) mass is 273 g/mol. The van der Waals surface area contributed by atoms with Gasteiger partial charge in [-0.15, -0.1) is 0 Å². The summed E-state index contributed by atoms with van der Waals surface area (Å²) in [6.07, 6.45) is 2.24. The molecule has 2 amide bonds. The average molecular weight is 273 g/mol. The summed E-state index contributed by atoms with van der Waals surface area (Å²) in [5, 5.41) is 3.73. The smallest absolute Gasteiger partial charge is 0.240 e. The van der Waals surface area contributed by atoms with E-state index in [0.717, 1.165) is 16.5 Å². The SMILES string of the molecule is CC(C)C(=O)N[C@@H](Cc1c[nH]c2ccccc12)C(N)=O. The van der Waals surface area contributed by atoms with E-state index in [0.29, 0.717) is 6.42 Å². The van der Waals surface area contributed by atoms with Crippen LogP contribution in [0.5, 0.6) is 0 Å². The Morgan fingerprint density at radius 2 is 2.00 bits per heavy atom. The van der Waals surface area contributed by atoms with Gasteiger partial charge in [-0.3, -0.25) is 9.59 Å². The number of carbonyl (C=O) groups is 2. The number of benzene rings is 1. The van der Waals surface area contributed by atoms with Gasteiger partial charge in [-0.1, -0.05) is 32.0 Å². The maximum Gasteiger partial charge on any atom is 0.240 e. The van der Waals surface area contributed by atoms with Gasteiger partial charge in [0.25, 0.3) is 0 Å². The molecular weight excluding hydrogens is 254 g/mol. The number of carbonyl (C=O) groups excluding carboxylic acids is 2. The van der Waals surface area contributed by atoms with Crippen molar-refractivity contribution in [2.24, 2.45) is 11.7 Å². The fourth-order valence-electron chi connectivity index (χ4n) is 2.08. The summed E-state index contributed by atoms with van der Waals surface area (Å²) in [6, 6.07) is 7.12. The minimum Gasteiger partial charge on any atom is -0.368 e. The van der Waals surface area contributed by atoms with Gasteiger partial charge >= 0.3 is 0 Å². The number of hydrogen-bond donors (Lipinski definition) is 3. The number of amides is 2. The molecule has 0 aliphatic carbocycles. The molecular formula is C15H19N3O2. The molecule has 0 radical (unpaired) electrons. The molecule has 1 atom stereocenters. The van der Waals surface area contributed by atoms with Crippen LogP contribution in [-0.2, 0) is 16.0 Å². The fourth-order valence-corrected chi connectivity index (χ4v) is 2.08. The van der Waals surface area contributed by atoms with Crippen LogP contribution in [-0.4, -0.2) is 22.8 Å². The largest absolute Gasteiger partial charge is 0.368 e. The van der Waals surface area contributed by atoms with E-state index in [4.69, 9.17) is 5.73 Å². The Morgan fingerprint density at radius 1 is 1.30 bits per heavy atom. The third-order valence-electron chi connectivity index (χ3n) is 3.28. The summed E-state index contributed by atoms with van der Waals surface area (Å²) in [6.45, 7) is 3.55. The zero-order chi connectivity index (χ0) is 14.7. The summed E-state index contributed by atoms with van der Waals surface area (Å²) in [5.41, 5.74) is 7.35. The molecule has 2 rings (SSSR count). The number of rotatable bonds is 5. The molecule has 0 bridgehead atoms. The average Bonchev–Trinajstić information content (AvgIpc) is 2.81. The van der Waals surface area contributed by atoms with E-state index < -0.39 is 11.9 Å². The Balaban J connectivity index is 2.20. The first-order valence-electron chi connectivity index (χ1n) is 6.63. The lowest BCUT2D eigenvalue weighted by atomic mass is 10.0. The molecule has 0 saturated heterocycles. The number of para-hydroxylation sites is 1. The lowest BCUT2D eigenvalue weighted by Crippen LogP contribution is -2.47. The van der Waals surface area contributed by atoms with Gasteiger partial charge in [0.1, 0.15) is 6.04 Å². The molecule has 2 aromatic rings. The fraction of sp³-hybridized carbons (Fsp3) is 0.333. The number of nitrogens with two attached hydrogens (primary N) is 1. The number of primary amides is 1. The summed E-state index contributed by atoms with van der Waals surface area (Å²) in [4.78, 5) is 26.4. The third-order valence-corrected chi connectivity index (χ3v) is 3.28. The zero-order valence-electron chi connectivity index (χ0n) is 11.6. The van der Waals surface area contributed by atoms with Crippen molar-refractivity contribution in [1.82, 2.24) is 10.3 Å². The summed E-state index contributed by atoms with van der Waals surface area (Å²) in [5.74, 6) is -0.877. The molecule has 1 aromatic heterocycles. The maximum absolute atomic E-state index is 11.7. The third kappa shape index (κ3) is 2.99. The number of fused-ring (bicyclic) bond motifs is 1. The Labute approximate surface area is 117 Å². The Kier molecular flexibility index (Phi) is 4.08. The highest BCUT2D eigenvalue weighted by atomic mass is 16.2. The van der Waals surface area contributed by atoms with Gasteiger partial charge in [-0.05, 0) is 11.6 Å². The van der Waals surface area contributed by atoms with Crippen LogP contribution in [0.25, 0.3) is 10.9 Å². The number of hydrogen-bond acceptors (Lipinski definition) is 2. The maximum atomic E-state index is 11.7. The molecule has 5 nitrogen and oxygen atoms in total. The van der Waals surface area contributed by atoms with Crippen molar-refractivity contribution < 1.29 is 9.59 Å². The number of aromatic amines is 1. The van der Waals surface area contributed by atoms with Crippen molar-refractivity contribution in [2.75, 3.05) is 0 Å². The van der Waals surface area contributed by atoms with Crippen LogP contribution in [0.2, 0.25) is 0 Å². The van der Waals surface area contributed by atoms with Crippen molar-refractivity contribution >= 4 is 22.7 Å². The topological polar surface area (TPSA) is 88.0 Å². The number of aromatic nitrogens is 1. The predicted octanol–water partition coefficient (Wildman–Crippen LogP) is 1.34. The van der Waals surface area contributed by atoms with Crippen molar-refractivity contribution in [1.29, 1.82) is 0 Å². The van der Waals surface area contributed by atoms with Crippen LogP contribution in [0.3, 0.4) is 0 Å². The van der Waals surface area contributed by atoms with Gasteiger partial charge in [0.15, 0.2) is 0 Å². The highest BCUT2D eigenvalue weighted by Crippen LogP contribution is 2.19. The van der Waals surface area contributed by atoms with Gasteiger partial charge in [-0.25, -0.2) is 0 Å². The minimum atomic E-state index is -0.691. The molecule has 0 fully saturated rings. The van der Waals surface area contributed by atoms with Crippen molar-refractivity contribution in [3.8, 4) is 0 Å². The van der Waals surface area contributed by atoms with E-state index >= 15 is 0 Å². The van der Waals surface area contributed by atoms with Crippen LogP contribution in [0, 0.1) is 5.92 Å².